The van der Waals surface area contributed by atoms with Crippen LogP contribution in [0, 0.1) is 0 Å². The number of aryl methyl sites for hydroxylation is 1. The molecule has 1 heterocycles. The molecule has 0 aromatic heterocycles. The van der Waals surface area contributed by atoms with Gasteiger partial charge in [-0.15, -0.1) is 11.8 Å². The number of amides is 2. The molecule has 0 spiro atoms. The number of hydrogen-bond acceptors (Lipinski definition) is 2. The minimum Gasteiger partial charge on any atom is -0.308 e. The number of carbonyl (C=O) groups is 1. The Kier molecular flexibility index (Phi) is 5.13. The van der Waals surface area contributed by atoms with Gasteiger partial charge in [-0.3, -0.25) is 0 Å². The molecule has 0 saturated carbocycles. The normalized spacial score (nSPS) is 17.3. The van der Waals surface area contributed by atoms with E-state index in [2.05, 4.69) is 12.2 Å². The summed E-state index contributed by atoms with van der Waals surface area (Å²) in [6.45, 7) is 2.85. The molecule has 1 saturated heterocycles. The van der Waals surface area contributed by atoms with Gasteiger partial charge in [0.05, 0.1) is 0 Å². The first-order chi connectivity index (χ1) is 11.2. The van der Waals surface area contributed by atoms with Crippen molar-refractivity contribution in [1.82, 2.24) is 4.90 Å². The van der Waals surface area contributed by atoms with E-state index in [1.54, 1.807) is 11.8 Å². The summed E-state index contributed by atoms with van der Waals surface area (Å²) in [7, 11) is 0. The number of urea groups is 1. The van der Waals surface area contributed by atoms with Crippen molar-refractivity contribution in [2.24, 2.45) is 0 Å². The maximum Gasteiger partial charge on any atom is 0.323 e. The lowest BCUT2D eigenvalue weighted by atomic mass is 10.1. The van der Waals surface area contributed by atoms with E-state index >= 15 is 0 Å². The first-order valence-corrected chi connectivity index (χ1v) is 9.13. The Labute approximate surface area is 146 Å². The Morgan fingerprint density at radius 1 is 1.30 bits per heavy atom. The highest BCUT2D eigenvalue weighted by Gasteiger charge is 2.30. The van der Waals surface area contributed by atoms with Crippen LogP contribution in [-0.4, -0.2) is 23.2 Å². The summed E-state index contributed by atoms with van der Waals surface area (Å²) in [6.07, 6.45) is 0.994. The third kappa shape index (κ3) is 3.82. The lowest BCUT2D eigenvalue weighted by Gasteiger charge is -2.24. The molecular formula is C18H19ClN2OS. The van der Waals surface area contributed by atoms with Gasteiger partial charge in [0, 0.05) is 23.0 Å². The van der Waals surface area contributed by atoms with Crippen LogP contribution in [0.15, 0.2) is 48.5 Å². The molecule has 0 aliphatic carbocycles. The first-order valence-electron chi connectivity index (χ1n) is 7.71. The number of benzene rings is 2. The number of halogens is 1. The molecule has 2 aromatic carbocycles. The summed E-state index contributed by atoms with van der Waals surface area (Å²) in [6, 6.07) is 15.7. The predicted octanol–water partition coefficient (Wildman–Crippen LogP) is 5.18. The Morgan fingerprint density at radius 3 is 2.78 bits per heavy atom. The van der Waals surface area contributed by atoms with Gasteiger partial charge in [-0.2, -0.15) is 0 Å². The SMILES string of the molecule is CCc1ccc(NC(=O)N2CCS[C@@H]2c2cccc(Cl)c2)cc1. The summed E-state index contributed by atoms with van der Waals surface area (Å²) in [5.74, 6) is 0.930. The third-order valence-corrected chi connectivity index (χ3v) is 5.39. The zero-order valence-corrected chi connectivity index (χ0v) is 14.5. The number of rotatable bonds is 3. The molecule has 23 heavy (non-hydrogen) atoms. The largest absolute Gasteiger partial charge is 0.323 e. The lowest BCUT2D eigenvalue weighted by Crippen LogP contribution is -2.34. The van der Waals surface area contributed by atoms with Gasteiger partial charge in [0.15, 0.2) is 0 Å². The van der Waals surface area contributed by atoms with Gasteiger partial charge in [0.25, 0.3) is 0 Å². The van der Waals surface area contributed by atoms with E-state index in [1.807, 2.05) is 53.4 Å². The second-order valence-corrected chi connectivity index (χ2v) is 7.08. The van der Waals surface area contributed by atoms with Crippen LogP contribution >= 0.6 is 23.4 Å². The van der Waals surface area contributed by atoms with Crippen LogP contribution in [0.2, 0.25) is 5.02 Å². The minimum absolute atomic E-state index is 0.0172. The van der Waals surface area contributed by atoms with Crippen molar-refractivity contribution < 1.29 is 4.79 Å². The van der Waals surface area contributed by atoms with Crippen molar-refractivity contribution >= 4 is 35.1 Å². The van der Waals surface area contributed by atoms with Crippen LogP contribution in [0.1, 0.15) is 23.4 Å². The molecule has 1 fully saturated rings. The van der Waals surface area contributed by atoms with Crippen LogP contribution in [-0.2, 0) is 6.42 Å². The highest BCUT2D eigenvalue weighted by atomic mass is 35.5. The Balaban J connectivity index is 1.72. The number of nitrogens with zero attached hydrogens (tertiary/aromatic N) is 1. The highest BCUT2D eigenvalue weighted by molar-refractivity contribution is 7.99. The number of carbonyl (C=O) groups excluding carboxylic acids is 1. The summed E-state index contributed by atoms with van der Waals surface area (Å²) in [5.41, 5.74) is 3.15. The van der Waals surface area contributed by atoms with E-state index < -0.39 is 0 Å². The molecule has 3 rings (SSSR count). The van der Waals surface area contributed by atoms with Crippen molar-refractivity contribution in [2.75, 3.05) is 17.6 Å². The zero-order valence-electron chi connectivity index (χ0n) is 13.0. The Morgan fingerprint density at radius 2 is 2.09 bits per heavy atom. The fourth-order valence-corrected chi connectivity index (χ4v) is 4.08. The van der Waals surface area contributed by atoms with Crippen LogP contribution in [0.4, 0.5) is 10.5 Å². The molecule has 1 atom stereocenters. The summed E-state index contributed by atoms with van der Waals surface area (Å²) in [4.78, 5) is 14.5. The quantitative estimate of drug-likeness (QED) is 0.830. The van der Waals surface area contributed by atoms with E-state index in [1.165, 1.54) is 5.56 Å². The molecule has 5 heteroatoms. The van der Waals surface area contributed by atoms with Crippen LogP contribution in [0.5, 0.6) is 0 Å². The monoisotopic (exact) mass is 346 g/mol. The first kappa shape index (κ1) is 16.2. The molecule has 2 amide bonds. The van der Waals surface area contributed by atoms with Crippen molar-refractivity contribution in [3.05, 3.63) is 64.7 Å². The zero-order chi connectivity index (χ0) is 16.2. The third-order valence-electron chi connectivity index (χ3n) is 3.90. The maximum absolute atomic E-state index is 12.6. The topological polar surface area (TPSA) is 32.3 Å². The fraction of sp³-hybridized carbons (Fsp3) is 0.278. The molecular weight excluding hydrogens is 328 g/mol. The molecule has 1 aliphatic heterocycles. The van der Waals surface area contributed by atoms with Crippen LogP contribution in [0.3, 0.4) is 0 Å². The summed E-state index contributed by atoms with van der Waals surface area (Å²) >= 11 is 7.84. The number of nitrogens with one attached hydrogen (secondary N) is 1. The average molecular weight is 347 g/mol. The van der Waals surface area contributed by atoms with Crippen molar-refractivity contribution in [3.63, 3.8) is 0 Å². The highest BCUT2D eigenvalue weighted by Crippen LogP contribution is 2.38. The van der Waals surface area contributed by atoms with E-state index in [9.17, 15) is 4.79 Å². The van der Waals surface area contributed by atoms with E-state index in [0.717, 1.165) is 30.0 Å². The predicted molar refractivity (Wildman–Crippen MR) is 98.2 cm³/mol. The second-order valence-electron chi connectivity index (χ2n) is 5.45. The molecule has 1 N–H and O–H groups in total. The molecule has 0 bridgehead atoms. The van der Waals surface area contributed by atoms with Crippen molar-refractivity contribution in [3.8, 4) is 0 Å². The van der Waals surface area contributed by atoms with Gasteiger partial charge in [-0.25, -0.2) is 4.79 Å². The number of thioether (sulfide) groups is 1. The van der Waals surface area contributed by atoms with Crippen molar-refractivity contribution in [1.29, 1.82) is 0 Å². The van der Waals surface area contributed by atoms with Gasteiger partial charge >= 0.3 is 6.03 Å². The molecule has 0 unspecified atom stereocenters. The van der Waals surface area contributed by atoms with E-state index in [0.29, 0.717) is 5.02 Å². The fourth-order valence-electron chi connectivity index (χ4n) is 2.63. The Bertz CT molecular complexity index is 690. The number of anilines is 1. The smallest absolute Gasteiger partial charge is 0.308 e. The van der Waals surface area contributed by atoms with Crippen LogP contribution < -0.4 is 5.32 Å². The molecule has 1 aliphatic rings. The van der Waals surface area contributed by atoms with Gasteiger partial charge in [0.2, 0.25) is 0 Å². The minimum atomic E-state index is -0.0655. The second kappa shape index (κ2) is 7.28. The molecule has 2 aromatic rings. The van der Waals surface area contributed by atoms with Gasteiger partial charge < -0.3 is 10.2 Å². The van der Waals surface area contributed by atoms with Gasteiger partial charge in [-0.1, -0.05) is 42.8 Å². The molecule has 0 radical (unpaired) electrons. The summed E-state index contributed by atoms with van der Waals surface area (Å²) < 4.78 is 0. The van der Waals surface area contributed by atoms with Crippen molar-refractivity contribution in [2.45, 2.75) is 18.7 Å². The lowest BCUT2D eigenvalue weighted by molar-refractivity contribution is 0.214. The standard InChI is InChI=1S/C18H19ClN2OS/c1-2-13-6-8-16(9-7-13)20-18(22)21-10-11-23-17(21)14-4-3-5-15(19)12-14/h3-9,12,17H,2,10-11H2,1H3,(H,20,22)/t17-/m1/s1. The summed E-state index contributed by atoms with van der Waals surface area (Å²) in [5, 5.41) is 3.71. The molecule has 3 nitrogen and oxygen atoms in total. The Hall–Kier alpha value is -1.65. The van der Waals surface area contributed by atoms with E-state index in [-0.39, 0.29) is 11.4 Å². The van der Waals surface area contributed by atoms with Gasteiger partial charge in [0.1, 0.15) is 5.37 Å². The van der Waals surface area contributed by atoms with Crippen LogP contribution in [0.25, 0.3) is 0 Å². The molecule has 120 valence electrons. The van der Waals surface area contributed by atoms with Gasteiger partial charge in [-0.05, 0) is 41.8 Å². The van der Waals surface area contributed by atoms with E-state index in [4.69, 9.17) is 11.6 Å². The number of hydrogen-bond donors (Lipinski definition) is 1. The maximum atomic E-state index is 12.6. The average Bonchev–Trinajstić information content (AvgIpc) is 3.05.